The van der Waals surface area contributed by atoms with Gasteiger partial charge in [-0.25, -0.2) is 0 Å². The van der Waals surface area contributed by atoms with E-state index in [2.05, 4.69) is 17.3 Å². The normalized spacial score (nSPS) is 22.1. The van der Waals surface area contributed by atoms with Gasteiger partial charge in [0.2, 0.25) is 11.8 Å². The first-order chi connectivity index (χ1) is 13.6. The molecular weight excluding hydrogens is 354 g/mol. The summed E-state index contributed by atoms with van der Waals surface area (Å²) in [6, 6.07) is 7.62. The molecule has 2 aliphatic heterocycles. The second kappa shape index (κ2) is 8.52. The van der Waals surface area contributed by atoms with Gasteiger partial charge < -0.3 is 19.9 Å². The van der Waals surface area contributed by atoms with E-state index in [0.29, 0.717) is 19.2 Å². The summed E-state index contributed by atoms with van der Waals surface area (Å²) in [4.78, 5) is 29.1. The molecule has 1 saturated carbocycles. The highest BCUT2D eigenvalue weighted by Crippen LogP contribution is 2.27. The highest BCUT2D eigenvalue weighted by atomic mass is 16.5. The summed E-state index contributed by atoms with van der Waals surface area (Å²) in [5.41, 5.74) is 0.781. The minimum atomic E-state index is -0.107. The molecule has 6 nitrogen and oxygen atoms in total. The van der Waals surface area contributed by atoms with Gasteiger partial charge in [0.15, 0.2) is 0 Å². The van der Waals surface area contributed by atoms with Crippen LogP contribution in [0.2, 0.25) is 0 Å². The molecule has 152 valence electrons. The van der Waals surface area contributed by atoms with E-state index in [1.54, 1.807) is 0 Å². The third kappa shape index (κ3) is 4.49. The largest absolute Gasteiger partial charge is 0.490 e. The SMILES string of the molecule is CN1CCC(C(=O)N2CC(C(=O)Nc3ccc(OC4CCCC4)cc3)C2)CC1. The number of carbonyl (C=O) groups is 2. The topological polar surface area (TPSA) is 61.9 Å². The molecule has 0 radical (unpaired) electrons. The fraction of sp³-hybridized carbons (Fsp3) is 0.636. The molecule has 2 saturated heterocycles. The molecule has 1 aliphatic carbocycles. The molecule has 1 aromatic rings. The Morgan fingerprint density at radius 3 is 2.25 bits per heavy atom. The molecule has 0 bridgehead atoms. The van der Waals surface area contributed by atoms with E-state index in [9.17, 15) is 9.59 Å². The van der Waals surface area contributed by atoms with E-state index >= 15 is 0 Å². The van der Waals surface area contributed by atoms with Crippen LogP contribution in [0.25, 0.3) is 0 Å². The van der Waals surface area contributed by atoms with Crippen molar-refractivity contribution in [3.8, 4) is 5.75 Å². The summed E-state index contributed by atoms with van der Waals surface area (Å²) in [7, 11) is 2.10. The summed E-state index contributed by atoms with van der Waals surface area (Å²) in [6.07, 6.45) is 6.95. The molecule has 2 heterocycles. The van der Waals surface area contributed by atoms with Gasteiger partial charge in [-0.1, -0.05) is 0 Å². The van der Waals surface area contributed by atoms with Crippen molar-refractivity contribution in [2.75, 3.05) is 38.5 Å². The third-order valence-electron chi connectivity index (χ3n) is 6.36. The van der Waals surface area contributed by atoms with Gasteiger partial charge in [-0.3, -0.25) is 9.59 Å². The van der Waals surface area contributed by atoms with Crippen LogP contribution in [0.3, 0.4) is 0 Å². The van der Waals surface area contributed by atoms with E-state index in [-0.39, 0.29) is 23.7 Å². The summed E-state index contributed by atoms with van der Waals surface area (Å²) in [5.74, 6) is 1.11. The van der Waals surface area contributed by atoms with Crippen molar-refractivity contribution in [1.82, 2.24) is 9.80 Å². The number of carbonyl (C=O) groups excluding carboxylic acids is 2. The molecule has 0 atom stereocenters. The highest BCUT2D eigenvalue weighted by molar-refractivity contribution is 5.94. The van der Waals surface area contributed by atoms with Crippen LogP contribution >= 0.6 is 0 Å². The van der Waals surface area contributed by atoms with Crippen molar-refractivity contribution in [1.29, 1.82) is 0 Å². The zero-order chi connectivity index (χ0) is 19.5. The lowest BCUT2D eigenvalue weighted by Crippen LogP contribution is -2.56. The van der Waals surface area contributed by atoms with Crippen LogP contribution in [0.1, 0.15) is 38.5 Å². The van der Waals surface area contributed by atoms with Crippen LogP contribution in [-0.4, -0.2) is 60.9 Å². The number of piperidine rings is 1. The molecule has 0 aromatic heterocycles. The lowest BCUT2D eigenvalue weighted by molar-refractivity contribution is -0.146. The maximum Gasteiger partial charge on any atom is 0.231 e. The minimum Gasteiger partial charge on any atom is -0.490 e. The molecular formula is C22H31N3O3. The Bertz CT molecular complexity index is 685. The molecule has 6 heteroatoms. The van der Waals surface area contributed by atoms with Gasteiger partial charge in [-0.2, -0.15) is 0 Å². The molecule has 0 spiro atoms. The number of rotatable bonds is 5. The maximum atomic E-state index is 12.6. The van der Waals surface area contributed by atoms with Gasteiger partial charge in [0, 0.05) is 24.7 Å². The summed E-state index contributed by atoms with van der Waals surface area (Å²) in [6.45, 7) is 3.04. The van der Waals surface area contributed by atoms with Gasteiger partial charge in [-0.15, -0.1) is 0 Å². The number of amides is 2. The summed E-state index contributed by atoms with van der Waals surface area (Å²) >= 11 is 0. The van der Waals surface area contributed by atoms with E-state index in [0.717, 1.165) is 50.2 Å². The quantitative estimate of drug-likeness (QED) is 0.847. The molecule has 3 aliphatic rings. The number of hydrogen-bond acceptors (Lipinski definition) is 4. The number of ether oxygens (including phenoxy) is 1. The number of benzene rings is 1. The predicted octanol–water partition coefficient (Wildman–Crippen LogP) is 2.75. The van der Waals surface area contributed by atoms with E-state index in [1.807, 2.05) is 29.2 Å². The number of nitrogens with one attached hydrogen (secondary N) is 1. The number of nitrogens with zero attached hydrogens (tertiary/aromatic N) is 2. The molecule has 1 N–H and O–H groups in total. The zero-order valence-corrected chi connectivity index (χ0v) is 16.7. The van der Waals surface area contributed by atoms with Gasteiger partial charge in [0.1, 0.15) is 5.75 Å². The van der Waals surface area contributed by atoms with Crippen LogP contribution in [0.4, 0.5) is 5.69 Å². The van der Waals surface area contributed by atoms with Crippen LogP contribution in [0.15, 0.2) is 24.3 Å². The smallest absolute Gasteiger partial charge is 0.231 e. The molecule has 4 rings (SSSR count). The van der Waals surface area contributed by atoms with Crippen LogP contribution in [-0.2, 0) is 9.59 Å². The van der Waals surface area contributed by atoms with Crippen molar-refractivity contribution in [2.24, 2.45) is 11.8 Å². The second-order valence-electron chi connectivity index (χ2n) is 8.56. The monoisotopic (exact) mass is 385 g/mol. The highest BCUT2D eigenvalue weighted by Gasteiger charge is 2.38. The van der Waals surface area contributed by atoms with Crippen molar-refractivity contribution in [3.63, 3.8) is 0 Å². The van der Waals surface area contributed by atoms with Gasteiger partial charge in [0.05, 0.1) is 12.0 Å². The fourth-order valence-corrected chi connectivity index (χ4v) is 4.40. The maximum absolute atomic E-state index is 12.6. The van der Waals surface area contributed by atoms with Crippen LogP contribution < -0.4 is 10.1 Å². The number of likely N-dealkylation sites (tertiary alicyclic amines) is 2. The molecule has 0 unspecified atom stereocenters. The Morgan fingerprint density at radius 1 is 0.964 bits per heavy atom. The Labute approximate surface area is 167 Å². The van der Waals surface area contributed by atoms with Crippen LogP contribution in [0, 0.1) is 11.8 Å². The van der Waals surface area contributed by atoms with Gasteiger partial charge in [-0.05, 0) is 82.9 Å². The lowest BCUT2D eigenvalue weighted by Gasteiger charge is -2.41. The third-order valence-corrected chi connectivity index (χ3v) is 6.36. The Balaban J connectivity index is 1.21. The first-order valence-corrected chi connectivity index (χ1v) is 10.6. The summed E-state index contributed by atoms with van der Waals surface area (Å²) < 4.78 is 5.96. The average molecular weight is 386 g/mol. The standard InChI is InChI=1S/C22H31N3O3/c1-24-12-10-16(11-13-24)22(27)25-14-17(15-25)21(26)23-18-6-8-20(9-7-18)28-19-4-2-3-5-19/h6-9,16-17,19H,2-5,10-15H2,1H3,(H,23,26). The van der Waals surface area contributed by atoms with Crippen molar-refractivity contribution in [3.05, 3.63) is 24.3 Å². The van der Waals surface area contributed by atoms with E-state index in [4.69, 9.17) is 4.74 Å². The Hall–Kier alpha value is -2.08. The average Bonchev–Trinajstić information content (AvgIpc) is 3.15. The fourth-order valence-electron chi connectivity index (χ4n) is 4.40. The molecule has 28 heavy (non-hydrogen) atoms. The Morgan fingerprint density at radius 2 is 1.61 bits per heavy atom. The minimum absolute atomic E-state index is 0.00288. The number of anilines is 1. The summed E-state index contributed by atoms with van der Waals surface area (Å²) in [5, 5.41) is 2.97. The lowest BCUT2D eigenvalue weighted by atomic mass is 9.91. The van der Waals surface area contributed by atoms with Crippen molar-refractivity contribution in [2.45, 2.75) is 44.6 Å². The second-order valence-corrected chi connectivity index (χ2v) is 8.56. The van der Waals surface area contributed by atoms with E-state index < -0.39 is 0 Å². The molecule has 1 aromatic carbocycles. The van der Waals surface area contributed by atoms with Crippen molar-refractivity contribution < 1.29 is 14.3 Å². The molecule has 2 amide bonds. The predicted molar refractivity (Wildman–Crippen MR) is 108 cm³/mol. The van der Waals surface area contributed by atoms with Crippen LogP contribution in [0.5, 0.6) is 5.75 Å². The first kappa shape index (κ1) is 19.2. The molecule has 3 fully saturated rings. The zero-order valence-electron chi connectivity index (χ0n) is 16.7. The van der Waals surface area contributed by atoms with Crippen molar-refractivity contribution >= 4 is 17.5 Å². The first-order valence-electron chi connectivity index (χ1n) is 10.6. The number of hydrogen-bond donors (Lipinski definition) is 1. The van der Waals surface area contributed by atoms with Gasteiger partial charge in [0.25, 0.3) is 0 Å². The Kier molecular flexibility index (Phi) is 5.85. The van der Waals surface area contributed by atoms with E-state index in [1.165, 1.54) is 12.8 Å². The van der Waals surface area contributed by atoms with Gasteiger partial charge >= 0.3 is 0 Å².